The molecule has 0 aromatic carbocycles. The molecule has 0 aromatic rings. The van der Waals surface area contributed by atoms with E-state index in [1.54, 1.807) is 0 Å². The second-order valence-electron chi connectivity index (χ2n) is 6.50. The van der Waals surface area contributed by atoms with Crippen LogP contribution in [0.2, 0.25) is 0 Å². The van der Waals surface area contributed by atoms with Crippen molar-refractivity contribution in [1.29, 1.82) is 0 Å². The zero-order chi connectivity index (χ0) is 13.9. The van der Waals surface area contributed by atoms with Gasteiger partial charge < -0.3 is 14.7 Å². The van der Waals surface area contributed by atoms with Gasteiger partial charge in [0.25, 0.3) is 0 Å². The average molecular weight is 257 g/mol. The standard InChI is InChI=1S/C14H27NO3/c1-10(14(3,4)5)6-13(17)15-7-12(8-16)18-9-11(15)2/h10-12,16H,6-9H2,1-5H3. The summed E-state index contributed by atoms with van der Waals surface area (Å²) in [4.78, 5) is 14.2. The summed E-state index contributed by atoms with van der Waals surface area (Å²) in [7, 11) is 0. The number of carbonyl (C=O) groups is 1. The first-order valence-electron chi connectivity index (χ1n) is 6.77. The summed E-state index contributed by atoms with van der Waals surface area (Å²) < 4.78 is 5.45. The molecule has 1 fully saturated rings. The Labute approximate surface area is 110 Å². The van der Waals surface area contributed by atoms with Crippen molar-refractivity contribution in [2.24, 2.45) is 11.3 Å². The first kappa shape index (κ1) is 15.4. The van der Waals surface area contributed by atoms with E-state index in [4.69, 9.17) is 9.84 Å². The van der Waals surface area contributed by atoms with Gasteiger partial charge in [-0.25, -0.2) is 0 Å². The smallest absolute Gasteiger partial charge is 0.223 e. The lowest BCUT2D eigenvalue weighted by atomic mass is 9.80. The van der Waals surface area contributed by atoms with Crippen molar-refractivity contribution < 1.29 is 14.6 Å². The Morgan fingerprint density at radius 1 is 1.50 bits per heavy atom. The summed E-state index contributed by atoms with van der Waals surface area (Å²) in [5, 5.41) is 9.13. The first-order valence-corrected chi connectivity index (χ1v) is 6.77. The molecule has 3 unspecified atom stereocenters. The molecular formula is C14H27NO3. The molecule has 0 aromatic heterocycles. The lowest BCUT2D eigenvalue weighted by Gasteiger charge is -2.39. The molecule has 1 N–H and O–H groups in total. The van der Waals surface area contributed by atoms with E-state index in [0.717, 1.165) is 0 Å². The van der Waals surface area contributed by atoms with Crippen LogP contribution in [0.15, 0.2) is 0 Å². The van der Waals surface area contributed by atoms with Crippen LogP contribution in [-0.2, 0) is 9.53 Å². The van der Waals surface area contributed by atoms with E-state index in [1.165, 1.54) is 0 Å². The molecule has 1 aliphatic heterocycles. The average Bonchev–Trinajstić information content (AvgIpc) is 2.28. The highest BCUT2D eigenvalue weighted by Gasteiger charge is 2.31. The zero-order valence-electron chi connectivity index (χ0n) is 12.3. The van der Waals surface area contributed by atoms with Crippen LogP contribution in [-0.4, -0.2) is 47.8 Å². The highest BCUT2D eigenvalue weighted by atomic mass is 16.5. The van der Waals surface area contributed by atoms with Crippen LogP contribution in [0.4, 0.5) is 0 Å². The Morgan fingerprint density at radius 3 is 2.61 bits per heavy atom. The minimum atomic E-state index is -0.227. The number of rotatable bonds is 3. The van der Waals surface area contributed by atoms with Gasteiger partial charge in [-0.05, 0) is 18.3 Å². The number of nitrogens with zero attached hydrogens (tertiary/aromatic N) is 1. The molecule has 3 atom stereocenters. The summed E-state index contributed by atoms with van der Waals surface area (Å²) >= 11 is 0. The molecule has 0 radical (unpaired) electrons. The van der Waals surface area contributed by atoms with Gasteiger partial charge >= 0.3 is 0 Å². The summed E-state index contributed by atoms with van der Waals surface area (Å²) in [6.07, 6.45) is 0.335. The minimum Gasteiger partial charge on any atom is -0.394 e. The predicted molar refractivity (Wildman–Crippen MR) is 71.2 cm³/mol. The predicted octanol–water partition coefficient (Wildman–Crippen LogP) is 1.67. The molecule has 0 aliphatic carbocycles. The van der Waals surface area contributed by atoms with Crippen molar-refractivity contribution in [2.75, 3.05) is 19.8 Å². The van der Waals surface area contributed by atoms with Gasteiger partial charge in [0.2, 0.25) is 5.91 Å². The third kappa shape index (κ3) is 3.95. The van der Waals surface area contributed by atoms with E-state index in [-0.39, 0.29) is 30.1 Å². The van der Waals surface area contributed by atoms with Crippen LogP contribution < -0.4 is 0 Å². The van der Waals surface area contributed by atoms with Crippen LogP contribution in [0.1, 0.15) is 41.0 Å². The lowest BCUT2D eigenvalue weighted by Crippen LogP contribution is -2.52. The Balaban J connectivity index is 2.59. The molecule has 1 rings (SSSR count). The van der Waals surface area contributed by atoms with Gasteiger partial charge in [-0.15, -0.1) is 0 Å². The van der Waals surface area contributed by atoms with E-state index in [1.807, 2.05) is 11.8 Å². The molecule has 0 spiro atoms. The lowest BCUT2D eigenvalue weighted by molar-refractivity contribution is -0.147. The number of hydrogen-bond acceptors (Lipinski definition) is 3. The van der Waals surface area contributed by atoms with Crippen molar-refractivity contribution >= 4 is 5.91 Å². The molecule has 0 bridgehead atoms. The number of carbonyl (C=O) groups excluding carboxylic acids is 1. The minimum absolute atomic E-state index is 0.0225. The van der Waals surface area contributed by atoms with Gasteiger partial charge in [0, 0.05) is 13.0 Å². The first-order chi connectivity index (χ1) is 8.25. The van der Waals surface area contributed by atoms with Crippen LogP contribution in [0.5, 0.6) is 0 Å². The Morgan fingerprint density at radius 2 is 2.11 bits per heavy atom. The van der Waals surface area contributed by atoms with Gasteiger partial charge in [-0.3, -0.25) is 4.79 Å². The number of aliphatic hydroxyl groups is 1. The number of morpholine rings is 1. The van der Waals surface area contributed by atoms with Crippen LogP contribution in [0.3, 0.4) is 0 Å². The molecule has 1 saturated heterocycles. The third-order valence-corrected chi connectivity index (χ3v) is 3.99. The Bertz CT molecular complexity index is 285. The van der Waals surface area contributed by atoms with E-state index in [9.17, 15) is 4.79 Å². The van der Waals surface area contributed by atoms with Crippen LogP contribution >= 0.6 is 0 Å². The molecule has 1 amide bonds. The number of amides is 1. The molecule has 1 aliphatic rings. The Kier molecular flexibility index (Phi) is 5.17. The monoisotopic (exact) mass is 257 g/mol. The van der Waals surface area contributed by atoms with E-state index >= 15 is 0 Å². The van der Waals surface area contributed by atoms with E-state index in [2.05, 4.69) is 27.7 Å². The highest BCUT2D eigenvalue weighted by Crippen LogP contribution is 2.29. The molecule has 4 nitrogen and oxygen atoms in total. The molecular weight excluding hydrogens is 230 g/mol. The van der Waals surface area contributed by atoms with E-state index < -0.39 is 0 Å². The van der Waals surface area contributed by atoms with Crippen molar-refractivity contribution in [3.05, 3.63) is 0 Å². The number of hydrogen-bond donors (Lipinski definition) is 1. The maximum absolute atomic E-state index is 12.3. The van der Waals surface area contributed by atoms with Crippen molar-refractivity contribution in [3.8, 4) is 0 Å². The van der Waals surface area contributed by atoms with Crippen LogP contribution in [0.25, 0.3) is 0 Å². The fourth-order valence-electron chi connectivity index (χ4n) is 1.96. The van der Waals surface area contributed by atoms with Crippen LogP contribution in [0, 0.1) is 11.3 Å². The molecule has 1 heterocycles. The molecule has 106 valence electrons. The van der Waals surface area contributed by atoms with Gasteiger partial charge in [-0.1, -0.05) is 27.7 Å². The summed E-state index contributed by atoms with van der Waals surface area (Å²) in [6.45, 7) is 11.6. The van der Waals surface area contributed by atoms with Crippen molar-refractivity contribution in [1.82, 2.24) is 4.90 Å². The van der Waals surface area contributed by atoms with Gasteiger partial charge in [-0.2, -0.15) is 0 Å². The van der Waals surface area contributed by atoms with E-state index in [0.29, 0.717) is 25.5 Å². The second-order valence-corrected chi connectivity index (χ2v) is 6.50. The largest absolute Gasteiger partial charge is 0.394 e. The fourth-order valence-corrected chi connectivity index (χ4v) is 1.96. The molecule has 18 heavy (non-hydrogen) atoms. The number of ether oxygens (including phenoxy) is 1. The maximum Gasteiger partial charge on any atom is 0.223 e. The fraction of sp³-hybridized carbons (Fsp3) is 0.929. The second kappa shape index (κ2) is 6.02. The highest BCUT2D eigenvalue weighted by molar-refractivity contribution is 5.77. The maximum atomic E-state index is 12.3. The Hall–Kier alpha value is -0.610. The topological polar surface area (TPSA) is 49.8 Å². The van der Waals surface area contributed by atoms with Gasteiger partial charge in [0.15, 0.2) is 0 Å². The summed E-state index contributed by atoms with van der Waals surface area (Å²) in [5.74, 6) is 0.513. The molecule has 0 saturated carbocycles. The SMILES string of the molecule is CC1COC(CO)CN1C(=O)CC(C)C(C)(C)C. The summed E-state index contributed by atoms with van der Waals surface area (Å²) in [5.41, 5.74) is 0.140. The molecule has 4 heteroatoms. The van der Waals surface area contributed by atoms with Crippen molar-refractivity contribution in [2.45, 2.75) is 53.2 Å². The zero-order valence-corrected chi connectivity index (χ0v) is 12.3. The quantitative estimate of drug-likeness (QED) is 0.836. The summed E-state index contributed by atoms with van der Waals surface area (Å²) in [6, 6.07) is 0.104. The van der Waals surface area contributed by atoms with Gasteiger partial charge in [0.1, 0.15) is 0 Å². The third-order valence-electron chi connectivity index (χ3n) is 3.99. The normalized spacial score (nSPS) is 27.1. The number of aliphatic hydroxyl groups excluding tert-OH is 1. The van der Waals surface area contributed by atoms with Crippen molar-refractivity contribution in [3.63, 3.8) is 0 Å². The van der Waals surface area contributed by atoms with Gasteiger partial charge in [0.05, 0.1) is 25.4 Å².